The fourth-order valence-electron chi connectivity index (χ4n) is 2.97. The zero-order chi connectivity index (χ0) is 14.9. The highest BCUT2D eigenvalue weighted by atomic mass is 16.5. The molecule has 1 saturated carbocycles. The number of carbonyl (C=O) groups excluding carboxylic acids is 1. The Morgan fingerprint density at radius 1 is 1.29 bits per heavy atom. The molecule has 1 atom stereocenters. The molecule has 1 aromatic heterocycles. The monoisotopic (exact) mass is 290 g/mol. The molecule has 2 aliphatic rings. The third-order valence-electron chi connectivity index (χ3n) is 4.65. The number of hydrogen-bond acceptors (Lipinski definition) is 5. The van der Waals surface area contributed by atoms with Crippen molar-refractivity contribution in [2.75, 3.05) is 38.2 Å². The first-order valence-corrected chi connectivity index (χ1v) is 7.50. The highest BCUT2D eigenvalue weighted by Gasteiger charge is 2.49. The van der Waals surface area contributed by atoms with E-state index in [0.717, 1.165) is 31.7 Å². The van der Waals surface area contributed by atoms with E-state index in [4.69, 9.17) is 4.74 Å². The van der Waals surface area contributed by atoms with Crippen LogP contribution >= 0.6 is 0 Å². The minimum atomic E-state index is -0.644. The Morgan fingerprint density at radius 2 is 2.00 bits per heavy atom. The van der Waals surface area contributed by atoms with Gasteiger partial charge in [0.05, 0.1) is 6.20 Å². The first kappa shape index (κ1) is 14.3. The Labute approximate surface area is 125 Å². The number of carbonyl (C=O) groups is 1. The van der Waals surface area contributed by atoms with Crippen molar-refractivity contribution in [1.82, 2.24) is 14.9 Å². The molecule has 2 heterocycles. The fraction of sp³-hybridized carbons (Fsp3) is 0.667. The molecule has 21 heavy (non-hydrogen) atoms. The topological polar surface area (TPSA) is 58.6 Å². The molecule has 0 bridgehead atoms. The summed E-state index contributed by atoms with van der Waals surface area (Å²) < 4.78 is 5.56. The van der Waals surface area contributed by atoms with E-state index in [9.17, 15) is 4.79 Å². The van der Waals surface area contributed by atoms with Crippen LogP contribution in [0.25, 0.3) is 0 Å². The molecule has 1 saturated heterocycles. The van der Waals surface area contributed by atoms with E-state index in [1.54, 1.807) is 25.7 Å². The molecular weight excluding hydrogens is 268 g/mol. The largest absolute Gasteiger partial charge is 0.368 e. The highest BCUT2D eigenvalue weighted by molar-refractivity contribution is 5.86. The number of hydrogen-bond donors (Lipinski definition) is 0. The second-order valence-corrected chi connectivity index (χ2v) is 5.93. The lowest BCUT2D eigenvalue weighted by molar-refractivity contribution is -0.155. The first-order chi connectivity index (χ1) is 10.1. The van der Waals surface area contributed by atoms with Gasteiger partial charge in [0.1, 0.15) is 11.4 Å². The lowest BCUT2D eigenvalue weighted by Crippen LogP contribution is -2.56. The number of rotatable bonds is 4. The van der Waals surface area contributed by atoms with Crippen molar-refractivity contribution >= 4 is 11.7 Å². The van der Waals surface area contributed by atoms with Crippen LogP contribution in [0, 0.1) is 5.92 Å². The van der Waals surface area contributed by atoms with Crippen LogP contribution in [0.3, 0.4) is 0 Å². The summed E-state index contributed by atoms with van der Waals surface area (Å²) in [5, 5.41) is 0. The minimum absolute atomic E-state index is 0.131. The summed E-state index contributed by atoms with van der Waals surface area (Å²) in [4.78, 5) is 25.2. The zero-order valence-corrected chi connectivity index (χ0v) is 12.7. The molecule has 1 unspecified atom stereocenters. The van der Waals surface area contributed by atoms with Gasteiger partial charge in [-0.25, -0.2) is 4.98 Å². The van der Waals surface area contributed by atoms with Crippen molar-refractivity contribution in [1.29, 1.82) is 0 Å². The van der Waals surface area contributed by atoms with Crippen LogP contribution in [0.2, 0.25) is 0 Å². The van der Waals surface area contributed by atoms with Crippen LogP contribution in [0.4, 0.5) is 5.82 Å². The standard InChI is InChI=1S/C15H22N4O2/c1-15(21-2,12-3-4-12)14(20)19-9-7-18(8-10-19)13-11-16-5-6-17-13/h5-6,11-12H,3-4,7-10H2,1-2H3. The average Bonchev–Trinajstić information content (AvgIpc) is 3.40. The normalized spacial score (nSPS) is 22.0. The Hall–Kier alpha value is -1.69. The molecule has 6 nitrogen and oxygen atoms in total. The van der Waals surface area contributed by atoms with Crippen molar-refractivity contribution in [3.63, 3.8) is 0 Å². The Morgan fingerprint density at radius 3 is 2.52 bits per heavy atom. The molecule has 3 rings (SSSR count). The van der Waals surface area contributed by atoms with Gasteiger partial charge in [-0.15, -0.1) is 0 Å². The maximum Gasteiger partial charge on any atom is 0.254 e. The van der Waals surface area contributed by atoms with E-state index < -0.39 is 5.60 Å². The summed E-state index contributed by atoms with van der Waals surface area (Å²) in [6.45, 7) is 4.92. The van der Waals surface area contributed by atoms with Gasteiger partial charge < -0.3 is 14.5 Å². The quantitative estimate of drug-likeness (QED) is 0.826. The Kier molecular flexibility index (Phi) is 3.80. The van der Waals surface area contributed by atoms with Gasteiger partial charge >= 0.3 is 0 Å². The molecule has 1 aromatic rings. The number of anilines is 1. The lowest BCUT2D eigenvalue weighted by atomic mass is 9.97. The van der Waals surface area contributed by atoms with Crippen molar-refractivity contribution in [2.45, 2.75) is 25.4 Å². The molecule has 1 amide bonds. The van der Waals surface area contributed by atoms with Crippen molar-refractivity contribution < 1.29 is 9.53 Å². The number of piperazine rings is 1. The summed E-state index contributed by atoms with van der Waals surface area (Å²) in [5.74, 6) is 1.39. The average molecular weight is 290 g/mol. The first-order valence-electron chi connectivity index (χ1n) is 7.50. The van der Waals surface area contributed by atoms with E-state index in [-0.39, 0.29) is 5.91 Å². The zero-order valence-electron chi connectivity index (χ0n) is 12.7. The minimum Gasteiger partial charge on any atom is -0.368 e. The number of methoxy groups -OCH3 is 1. The molecule has 114 valence electrons. The number of nitrogens with zero attached hydrogens (tertiary/aromatic N) is 4. The van der Waals surface area contributed by atoms with Gasteiger partial charge in [0.15, 0.2) is 0 Å². The molecule has 1 aliphatic heterocycles. The van der Waals surface area contributed by atoms with Crippen LogP contribution in [0.5, 0.6) is 0 Å². The number of ether oxygens (including phenoxy) is 1. The molecule has 6 heteroatoms. The van der Waals surface area contributed by atoms with Crippen LogP contribution in [0.1, 0.15) is 19.8 Å². The van der Waals surface area contributed by atoms with E-state index in [1.807, 2.05) is 11.8 Å². The van der Waals surface area contributed by atoms with Gasteiger partial charge in [0, 0.05) is 45.7 Å². The molecule has 0 N–H and O–H groups in total. The highest BCUT2D eigenvalue weighted by Crippen LogP contribution is 2.42. The van der Waals surface area contributed by atoms with Crippen LogP contribution < -0.4 is 4.90 Å². The molecule has 2 fully saturated rings. The van der Waals surface area contributed by atoms with Gasteiger partial charge in [0.25, 0.3) is 5.91 Å². The van der Waals surface area contributed by atoms with Gasteiger partial charge in [-0.05, 0) is 25.7 Å². The predicted molar refractivity (Wildman–Crippen MR) is 79.0 cm³/mol. The van der Waals surface area contributed by atoms with Crippen molar-refractivity contribution in [3.8, 4) is 0 Å². The van der Waals surface area contributed by atoms with E-state index in [0.29, 0.717) is 19.0 Å². The molecular formula is C15H22N4O2. The van der Waals surface area contributed by atoms with Crippen molar-refractivity contribution in [2.24, 2.45) is 5.92 Å². The van der Waals surface area contributed by atoms with Gasteiger partial charge in [-0.3, -0.25) is 9.78 Å². The van der Waals surface area contributed by atoms with Gasteiger partial charge in [-0.1, -0.05) is 0 Å². The summed E-state index contributed by atoms with van der Waals surface area (Å²) in [7, 11) is 1.64. The Balaban J connectivity index is 1.62. The fourth-order valence-corrected chi connectivity index (χ4v) is 2.97. The van der Waals surface area contributed by atoms with Crippen LogP contribution in [-0.2, 0) is 9.53 Å². The van der Waals surface area contributed by atoms with Crippen LogP contribution in [-0.4, -0.2) is 59.7 Å². The summed E-state index contributed by atoms with van der Waals surface area (Å²) in [6.07, 6.45) is 7.32. The van der Waals surface area contributed by atoms with Gasteiger partial charge in [-0.2, -0.15) is 0 Å². The maximum atomic E-state index is 12.7. The molecule has 0 spiro atoms. The van der Waals surface area contributed by atoms with E-state index in [2.05, 4.69) is 14.9 Å². The second-order valence-electron chi connectivity index (χ2n) is 5.93. The molecule has 1 aliphatic carbocycles. The number of aromatic nitrogens is 2. The predicted octanol–water partition coefficient (Wildman–Crippen LogP) is 0.940. The summed E-state index contributed by atoms with van der Waals surface area (Å²) in [5.41, 5.74) is -0.644. The maximum absolute atomic E-state index is 12.7. The second kappa shape index (κ2) is 5.60. The smallest absolute Gasteiger partial charge is 0.254 e. The van der Waals surface area contributed by atoms with Crippen molar-refractivity contribution in [3.05, 3.63) is 18.6 Å². The molecule has 0 aromatic carbocycles. The SMILES string of the molecule is COC(C)(C(=O)N1CCN(c2cnccn2)CC1)C1CC1. The van der Waals surface area contributed by atoms with Gasteiger partial charge in [0.2, 0.25) is 0 Å². The van der Waals surface area contributed by atoms with E-state index in [1.165, 1.54) is 0 Å². The third-order valence-corrected chi connectivity index (χ3v) is 4.65. The number of amides is 1. The van der Waals surface area contributed by atoms with Crippen LogP contribution in [0.15, 0.2) is 18.6 Å². The summed E-state index contributed by atoms with van der Waals surface area (Å²) >= 11 is 0. The lowest BCUT2D eigenvalue weighted by Gasteiger charge is -2.39. The van der Waals surface area contributed by atoms with E-state index >= 15 is 0 Å². The summed E-state index contributed by atoms with van der Waals surface area (Å²) in [6, 6.07) is 0. The third kappa shape index (κ3) is 2.72. The molecule has 0 radical (unpaired) electrons. The Bertz CT molecular complexity index is 498.